The van der Waals surface area contributed by atoms with E-state index in [1.165, 1.54) is 0 Å². The van der Waals surface area contributed by atoms with E-state index in [1.807, 2.05) is 66.7 Å². The maximum atomic E-state index is 12.7. The van der Waals surface area contributed by atoms with Gasteiger partial charge in [0.1, 0.15) is 5.70 Å². The van der Waals surface area contributed by atoms with Crippen molar-refractivity contribution in [3.05, 3.63) is 113 Å². The Morgan fingerprint density at radius 1 is 0.750 bits per heavy atom. The summed E-state index contributed by atoms with van der Waals surface area (Å²) in [6.07, 6.45) is 2.40. The van der Waals surface area contributed by atoms with E-state index in [4.69, 9.17) is 0 Å². The van der Waals surface area contributed by atoms with Crippen molar-refractivity contribution in [2.75, 3.05) is 6.54 Å². The quantitative estimate of drug-likeness (QED) is 0.621. The summed E-state index contributed by atoms with van der Waals surface area (Å²) in [7, 11) is 0. The summed E-state index contributed by atoms with van der Waals surface area (Å²) in [4.78, 5) is 25.2. The molecule has 0 unspecified atom stereocenters. The average molecular weight is 370 g/mol. The van der Waals surface area contributed by atoms with Gasteiger partial charge in [0.15, 0.2) is 0 Å². The van der Waals surface area contributed by atoms with Gasteiger partial charge in [-0.2, -0.15) is 0 Å². The SMILES string of the molecule is O=C(NCCc1ccccc1)C(=Cc1ccccc1)NC(=O)c1ccccc1. The van der Waals surface area contributed by atoms with Crippen molar-refractivity contribution in [2.45, 2.75) is 6.42 Å². The highest BCUT2D eigenvalue weighted by molar-refractivity contribution is 6.05. The lowest BCUT2D eigenvalue weighted by Gasteiger charge is -2.11. The van der Waals surface area contributed by atoms with Crippen molar-refractivity contribution >= 4 is 17.9 Å². The highest BCUT2D eigenvalue weighted by Gasteiger charge is 2.14. The Bertz CT molecular complexity index is 936. The second kappa shape index (κ2) is 9.88. The fourth-order valence-electron chi connectivity index (χ4n) is 2.72. The van der Waals surface area contributed by atoms with Crippen LogP contribution in [0.3, 0.4) is 0 Å². The number of carbonyl (C=O) groups is 2. The van der Waals surface area contributed by atoms with Crippen molar-refractivity contribution in [3.8, 4) is 0 Å². The molecule has 4 nitrogen and oxygen atoms in total. The van der Waals surface area contributed by atoms with E-state index in [0.29, 0.717) is 12.1 Å². The second-order valence-corrected chi connectivity index (χ2v) is 6.28. The van der Waals surface area contributed by atoms with E-state index in [0.717, 1.165) is 17.5 Å². The van der Waals surface area contributed by atoms with Gasteiger partial charge in [0.05, 0.1) is 0 Å². The Kier molecular flexibility index (Phi) is 6.74. The van der Waals surface area contributed by atoms with Crippen LogP contribution in [0.15, 0.2) is 96.7 Å². The molecule has 4 heteroatoms. The van der Waals surface area contributed by atoms with E-state index in [9.17, 15) is 9.59 Å². The third-order valence-electron chi connectivity index (χ3n) is 4.18. The predicted octanol–water partition coefficient (Wildman–Crippen LogP) is 3.82. The van der Waals surface area contributed by atoms with Crippen molar-refractivity contribution in [3.63, 3.8) is 0 Å². The van der Waals surface area contributed by atoms with Gasteiger partial charge < -0.3 is 10.6 Å². The minimum absolute atomic E-state index is 0.216. The van der Waals surface area contributed by atoms with E-state index < -0.39 is 0 Å². The van der Waals surface area contributed by atoms with Gasteiger partial charge in [-0.05, 0) is 35.8 Å². The zero-order chi connectivity index (χ0) is 19.6. The molecule has 0 saturated carbocycles. The lowest BCUT2D eigenvalue weighted by molar-refractivity contribution is -0.117. The van der Waals surface area contributed by atoms with E-state index in [1.54, 1.807) is 30.3 Å². The minimum Gasteiger partial charge on any atom is -0.350 e. The number of carbonyl (C=O) groups excluding carboxylic acids is 2. The summed E-state index contributed by atoms with van der Waals surface area (Å²) in [5.41, 5.74) is 2.69. The van der Waals surface area contributed by atoms with Gasteiger partial charge in [0, 0.05) is 12.1 Å². The lowest BCUT2D eigenvalue weighted by Crippen LogP contribution is -2.35. The molecule has 140 valence electrons. The van der Waals surface area contributed by atoms with Crippen LogP contribution < -0.4 is 10.6 Å². The zero-order valence-corrected chi connectivity index (χ0v) is 15.5. The molecule has 2 N–H and O–H groups in total. The van der Waals surface area contributed by atoms with Crippen molar-refractivity contribution < 1.29 is 9.59 Å². The maximum Gasteiger partial charge on any atom is 0.267 e. The smallest absolute Gasteiger partial charge is 0.267 e. The van der Waals surface area contributed by atoms with Crippen LogP contribution in [0.5, 0.6) is 0 Å². The lowest BCUT2D eigenvalue weighted by atomic mass is 10.1. The van der Waals surface area contributed by atoms with Crippen LogP contribution in [0, 0.1) is 0 Å². The van der Waals surface area contributed by atoms with Gasteiger partial charge in [0.25, 0.3) is 11.8 Å². The minimum atomic E-state index is -0.319. The Balaban J connectivity index is 1.71. The van der Waals surface area contributed by atoms with Crippen LogP contribution >= 0.6 is 0 Å². The van der Waals surface area contributed by atoms with E-state index in [2.05, 4.69) is 10.6 Å². The van der Waals surface area contributed by atoms with Crippen LogP contribution in [-0.2, 0) is 11.2 Å². The van der Waals surface area contributed by atoms with Gasteiger partial charge in [-0.3, -0.25) is 9.59 Å². The first-order chi connectivity index (χ1) is 13.7. The summed E-state index contributed by atoms with van der Waals surface area (Å²) in [5.74, 6) is -0.634. The summed E-state index contributed by atoms with van der Waals surface area (Å²) in [6.45, 7) is 0.482. The summed E-state index contributed by atoms with van der Waals surface area (Å²) < 4.78 is 0. The molecule has 0 aliphatic rings. The molecule has 3 aromatic carbocycles. The highest BCUT2D eigenvalue weighted by atomic mass is 16.2. The van der Waals surface area contributed by atoms with Gasteiger partial charge in [-0.15, -0.1) is 0 Å². The molecule has 0 radical (unpaired) electrons. The van der Waals surface area contributed by atoms with Gasteiger partial charge in [-0.25, -0.2) is 0 Å². The molecule has 0 saturated heterocycles. The van der Waals surface area contributed by atoms with Crippen molar-refractivity contribution in [1.82, 2.24) is 10.6 Å². The molecule has 0 bridgehead atoms. The molecular weight excluding hydrogens is 348 g/mol. The molecule has 3 aromatic rings. The maximum absolute atomic E-state index is 12.7. The first kappa shape index (κ1) is 19.1. The Morgan fingerprint density at radius 3 is 1.96 bits per heavy atom. The topological polar surface area (TPSA) is 58.2 Å². The standard InChI is InChI=1S/C24H22N2O2/c27-23(21-14-8-3-9-15-21)26-22(18-20-12-6-2-7-13-20)24(28)25-17-16-19-10-4-1-5-11-19/h1-15,18H,16-17H2,(H,25,28)(H,26,27). The number of amides is 2. The predicted molar refractivity (Wildman–Crippen MR) is 111 cm³/mol. The van der Waals surface area contributed by atoms with Crippen LogP contribution in [0.1, 0.15) is 21.5 Å². The van der Waals surface area contributed by atoms with Crippen LogP contribution in [0.2, 0.25) is 0 Å². The third-order valence-corrected chi connectivity index (χ3v) is 4.18. The fraction of sp³-hybridized carbons (Fsp3) is 0.0833. The van der Waals surface area contributed by atoms with Gasteiger partial charge in [-0.1, -0.05) is 78.9 Å². The third kappa shape index (κ3) is 5.68. The highest BCUT2D eigenvalue weighted by Crippen LogP contribution is 2.07. The number of hydrogen-bond donors (Lipinski definition) is 2. The van der Waals surface area contributed by atoms with Crippen LogP contribution in [0.4, 0.5) is 0 Å². The van der Waals surface area contributed by atoms with Crippen molar-refractivity contribution in [2.24, 2.45) is 0 Å². The molecule has 0 aliphatic carbocycles. The summed E-state index contributed by atoms with van der Waals surface area (Å²) in [6, 6.07) is 28.2. The number of benzene rings is 3. The van der Waals surface area contributed by atoms with Crippen molar-refractivity contribution in [1.29, 1.82) is 0 Å². The van der Waals surface area contributed by atoms with Crippen LogP contribution in [-0.4, -0.2) is 18.4 Å². The fourth-order valence-corrected chi connectivity index (χ4v) is 2.72. The van der Waals surface area contributed by atoms with Gasteiger partial charge in [0.2, 0.25) is 0 Å². The average Bonchev–Trinajstić information content (AvgIpc) is 2.75. The molecule has 0 spiro atoms. The molecular formula is C24H22N2O2. The summed E-state index contributed by atoms with van der Waals surface area (Å²) in [5, 5.41) is 5.63. The first-order valence-corrected chi connectivity index (χ1v) is 9.17. The number of nitrogens with one attached hydrogen (secondary N) is 2. The molecule has 0 aliphatic heterocycles. The molecule has 0 aromatic heterocycles. The largest absolute Gasteiger partial charge is 0.350 e. The van der Waals surface area contributed by atoms with E-state index >= 15 is 0 Å². The zero-order valence-electron chi connectivity index (χ0n) is 15.5. The number of rotatable bonds is 7. The first-order valence-electron chi connectivity index (χ1n) is 9.17. The summed E-state index contributed by atoms with van der Waals surface area (Å²) >= 11 is 0. The normalized spacial score (nSPS) is 10.9. The second-order valence-electron chi connectivity index (χ2n) is 6.28. The Morgan fingerprint density at radius 2 is 1.32 bits per heavy atom. The molecule has 2 amide bonds. The molecule has 0 fully saturated rings. The molecule has 28 heavy (non-hydrogen) atoms. The van der Waals surface area contributed by atoms with Crippen LogP contribution in [0.25, 0.3) is 6.08 Å². The molecule has 0 heterocycles. The monoisotopic (exact) mass is 370 g/mol. The Labute approximate surface area is 164 Å². The van der Waals surface area contributed by atoms with Gasteiger partial charge >= 0.3 is 0 Å². The number of hydrogen-bond acceptors (Lipinski definition) is 2. The van der Waals surface area contributed by atoms with E-state index in [-0.39, 0.29) is 17.5 Å². The Hall–Kier alpha value is -3.66. The molecule has 3 rings (SSSR count). The molecule has 0 atom stereocenters.